The average Bonchev–Trinajstić information content (AvgIpc) is 2.47. The molecule has 0 saturated heterocycles. The average molecular weight is 184 g/mol. The number of nitrogens with zero attached hydrogens (tertiary/aromatic N) is 2. The highest BCUT2D eigenvalue weighted by Crippen LogP contribution is 2.12. The summed E-state index contributed by atoms with van der Waals surface area (Å²) in [5, 5.41) is 3.92. The van der Waals surface area contributed by atoms with Crippen LogP contribution in [0, 0.1) is 6.92 Å². The van der Waals surface area contributed by atoms with Gasteiger partial charge in [-0.05, 0) is 13.8 Å². The molecule has 13 heavy (non-hydrogen) atoms. The van der Waals surface area contributed by atoms with Gasteiger partial charge in [0.05, 0.1) is 19.4 Å². The van der Waals surface area contributed by atoms with Crippen LogP contribution in [0.2, 0.25) is 0 Å². The van der Waals surface area contributed by atoms with E-state index in [0.29, 0.717) is 18.2 Å². The molecule has 0 spiro atoms. The summed E-state index contributed by atoms with van der Waals surface area (Å²) in [5.41, 5.74) is 0.713. The Kier molecular flexibility index (Phi) is 2.89. The lowest BCUT2D eigenvalue weighted by atomic mass is 10.5. The molecule has 0 amide bonds. The minimum atomic E-state index is -0.521. The third kappa shape index (κ3) is 1.99. The second-order valence-electron chi connectivity index (χ2n) is 2.44. The number of hydrogen-bond acceptors (Lipinski definition) is 4. The molecule has 5 nitrogen and oxygen atoms in total. The van der Waals surface area contributed by atoms with Gasteiger partial charge in [-0.2, -0.15) is 5.10 Å². The fourth-order valence-electron chi connectivity index (χ4n) is 0.937. The lowest BCUT2D eigenvalue weighted by Crippen LogP contribution is -2.16. The van der Waals surface area contributed by atoms with E-state index in [0.717, 1.165) is 4.68 Å². The van der Waals surface area contributed by atoms with Crippen molar-refractivity contribution in [3.05, 3.63) is 11.8 Å². The number of ether oxygens (including phenoxy) is 2. The number of hydrogen-bond donors (Lipinski definition) is 0. The summed E-state index contributed by atoms with van der Waals surface area (Å²) in [4.78, 5) is 11.2. The first kappa shape index (κ1) is 9.57. The monoisotopic (exact) mass is 184 g/mol. The molecule has 0 aliphatic carbocycles. The Labute approximate surface area is 76.3 Å². The number of methoxy groups -OCH3 is 1. The van der Waals surface area contributed by atoms with Crippen molar-refractivity contribution in [3.8, 4) is 5.88 Å². The second-order valence-corrected chi connectivity index (χ2v) is 2.44. The lowest BCUT2D eigenvalue weighted by molar-refractivity contribution is 0.147. The SMILES string of the molecule is CCOC(=O)n1nc(C)cc1OC. The Hall–Kier alpha value is -1.52. The molecule has 5 heteroatoms. The summed E-state index contributed by atoms with van der Waals surface area (Å²) in [7, 11) is 1.48. The summed E-state index contributed by atoms with van der Waals surface area (Å²) in [5.74, 6) is 0.385. The molecule has 0 aromatic carbocycles. The minimum Gasteiger partial charge on any atom is -0.481 e. The Bertz CT molecular complexity index is 306. The van der Waals surface area contributed by atoms with Gasteiger partial charge in [0.25, 0.3) is 0 Å². The van der Waals surface area contributed by atoms with Gasteiger partial charge in [0.2, 0.25) is 5.88 Å². The van der Waals surface area contributed by atoms with E-state index >= 15 is 0 Å². The number of rotatable bonds is 2. The summed E-state index contributed by atoms with van der Waals surface area (Å²) in [6.45, 7) is 3.83. The van der Waals surface area contributed by atoms with Crippen molar-refractivity contribution in [2.45, 2.75) is 13.8 Å². The predicted molar refractivity (Wildman–Crippen MR) is 45.9 cm³/mol. The molecule has 0 aliphatic rings. The first-order valence-corrected chi connectivity index (χ1v) is 3.96. The molecule has 0 unspecified atom stereocenters. The van der Waals surface area contributed by atoms with E-state index in [1.54, 1.807) is 19.9 Å². The lowest BCUT2D eigenvalue weighted by Gasteiger charge is -2.03. The molecule has 0 aliphatic heterocycles. The standard InChI is InChI=1S/C8H12N2O3/c1-4-13-8(11)10-7(12-3)5-6(2)9-10/h5H,4H2,1-3H3. The molecule has 1 aromatic heterocycles. The highest BCUT2D eigenvalue weighted by atomic mass is 16.6. The van der Waals surface area contributed by atoms with Crippen LogP contribution < -0.4 is 4.74 Å². The van der Waals surface area contributed by atoms with E-state index in [1.165, 1.54) is 7.11 Å². The maximum atomic E-state index is 11.2. The Morgan fingerprint density at radius 1 is 1.69 bits per heavy atom. The molecule has 72 valence electrons. The molecule has 0 N–H and O–H groups in total. The van der Waals surface area contributed by atoms with E-state index in [9.17, 15) is 4.79 Å². The third-order valence-electron chi connectivity index (χ3n) is 1.45. The quantitative estimate of drug-likeness (QED) is 0.693. The van der Waals surface area contributed by atoms with Gasteiger partial charge in [0.1, 0.15) is 0 Å². The zero-order chi connectivity index (χ0) is 9.84. The van der Waals surface area contributed by atoms with Gasteiger partial charge in [-0.3, -0.25) is 0 Å². The van der Waals surface area contributed by atoms with E-state index < -0.39 is 6.09 Å². The zero-order valence-electron chi connectivity index (χ0n) is 7.90. The molecule has 0 saturated carbocycles. The van der Waals surface area contributed by atoms with Gasteiger partial charge in [0.15, 0.2) is 0 Å². The zero-order valence-corrected chi connectivity index (χ0v) is 7.90. The fourth-order valence-corrected chi connectivity index (χ4v) is 0.937. The molecule has 0 radical (unpaired) electrons. The molecule has 0 bridgehead atoms. The highest BCUT2D eigenvalue weighted by Gasteiger charge is 2.13. The number of carbonyl (C=O) groups is 1. The van der Waals surface area contributed by atoms with Gasteiger partial charge in [0, 0.05) is 6.07 Å². The molecule has 0 atom stereocenters. The molecule has 1 aromatic rings. The molecule has 1 rings (SSSR count). The van der Waals surface area contributed by atoms with Gasteiger partial charge in [-0.1, -0.05) is 0 Å². The second kappa shape index (κ2) is 3.93. The van der Waals surface area contributed by atoms with Crippen LogP contribution in [0.3, 0.4) is 0 Å². The first-order chi connectivity index (χ1) is 6.19. The Morgan fingerprint density at radius 3 is 2.92 bits per heavy atom. The maximum absolute atomic E-state index is 11.2. The van der Waals surface area contributed by atoms with Crippen LogP contribution in [-0.4, -0.2) is 29.6 Å². The van der Waals surface area contributed by atoms with Crippen molar-refractivity contribution < 1.29 is 14.3 Å². The minimum absolute atomic E-state index is 0.320. The van der Waals surface area contributed by atoms with Crippen molar-refractivity contribution in [1.29, 1.82) is 0 Å². The van der Waals surface area contributed by atoms with Crippen molar-refractivity contribution in [2.24, 2.45) is 0 Å². The maximum Gasteiger partial charge on any atom is 0.437 e. The van der Waals surface area contributed by atoms with Crippen molar-refractivity contribution >= 4 is 6.09 Å². The van der Waals surface area contributed by atoms with Crippen molar-refractivity contribution in [2.75, 3.05) is 13.7 Å². The number of aryl methyl sites for hydroxylation is 1. The van der Waals surface area contributed by atoms with Crippen LogP contribution in [0.1, 0.15) is 12.6 Å². The molecular weight excluding hydrogens is 172 g/mol. The van der Waals surface area contributed by atoms with Crippen LogP contribution in [0.4, 0.5) is 4.79 Å². The normalized spacial score (nSPS) is 9.77. The summed E-state index contributed by atoms with van der Waals surface area (Å²) in [6, 6.07) is 1.66. The van der Waals surface area contributed by atoms with Gasteiger partial charge in [-0.25, -0.2) is 4.79 Å². The van der Waals surface area contributed by atoms with E-state index in [-0.39, 0.29) is 0 Å². The van der Waals surface area contributed by atoms with Crippen LogP contribution in [0.25, 0.3) is 0 Å². The Morgan fingerprint density at radius 2 is 2.38 bits per heavy atom. The molecule has 1 heterocycles. The summed E-state index contributed by atoms with van der Waals surface area (Å²) in [6.07, 6.45) is -0.521. The van der Waals surface area contributed by atoms with Gasteiger partial charge >= 0.3 is 6.09 Å². The highest BCUT2D eigenvalue weighted by molar-refractivity contribution is 5.71. The van der Waals surface area contributed by atoms with E-state index in [1.807, 2.05) is 0 Å². The van der Waals surface area contributed by atoms with Gasteiger partial charge in [-0.15, -0.1) is 4.68 Å². The largest absolute Gasteiger partial charge is 0.481 e. The van der Waals surface area contributed by atoms with E-state index in [4.69, 9.17) is 9.47 Å². The van der Waals surface area contributed by atoms with Crippen molar-refractivity contribution in [3.63, 3.8) is 0 Å². The Balaban J connectivity index is 2.91. The van der Waals surface area contributed by atoms with Gasteiger partial charge < -0.3 is 9.47 Å². The first-order valence-electron chi connectivity index (χ1n) is 3.96. The fraction of sp³-hybridized carbons (Fsp3) is 0.500. The van der Waals surface area contributed by atoms with E-state index in [2.05, 4.69) is 5.10 Å². The third-order valence-corrected chi connectivity index (χ3v) is 1.45. The van der Waals surface area contributed by atoms with Crippen LogP contribution in [-0.2, 0) is 4.74 Å². The van der Waals surface area contributed by atoms with Crippen LogP contribution in [0.15, 0.2) is 6.07 Å². The number of carbonyl (C=O) groups excluding carboxylic acids is 1. The predicted octanol–water partition coefficient (Wildman–Crippen LogP) is 1.20. The molecular formula is C8H12N2O3. The number of aromatic nitrogens is 2. The topological polar surface area (TPSA) is 53.4 Å². The van der Waals surface area contributed by atoms with Crippen molar-refractivity contribution in [1.82, 2.24) is 9.78 Å². The summed E-state index contributed by atoms with van der Waals surface area (Å²) < 4.78 is 10.8. The van der Waals surface area contributed by atoms with Crippen LogP contribution in [0.5, 0.6) is 5.88 Å². The smallest absolute Gasteiger partial charge is 0.437 e. The van der Waals surface area contributed by atoms with Crippen LogP contribution >= 0.6 is 0 Å². The molecule has 0 fully saturated rings. The summed E-state index contributed by atoms with van der Waals surface area (Å²) >= 11 is 0.